The highest BCUT2D eigenvalue weighted by atomic mass is 79.9. The average Bonchev–Trinajstić information content (AvgIpc) is 2.76. The van der Waals surface area contributed by atoms with E-state index >= 15 is 0 Å². The molecule has 3 aromatic carbocycles. The molecule has 0 saturated heterocycles. The lowest BCUT2D eigenvalue weighted by Crippen LogP contribution is -2.11. The smallest absolute Gasteiger partial charge is 0.343 e. The normalized spacial score (nSPS) is 10.5. The third-order valence-corrected chi connectivity index (χ3v) is 5.81. The van der Waals surface area contributed by atoms with E-state index in [4.69, 9.17) is 9.47 Å². The molecule has 154 valence electrons. The van der Waals surface area contributed by atoms with E-state index in [0.717, 1.165) is 32.9 Å². The minimum atomic E-state index is -0.502. The van der Waals surface area contributed by atoms with E-state index in [-0.39, 0.29) is 0 Å². The second-order valence-electron chi connectivity index (χ2n) is 6.59. The van der Waals surface area contributed by atoms with Crippen LogP contribution in [-0.4, -0.2) is 11.9 Å². The second kappa shape index (κ2) is 10.0. The molecule has 0 heterocycles. The number of hydrogen-bond acceptors (Lipinski definition) is 4. The molecule has 0 fully saturated rings. The average molecular weight is 532 g/mol. The van der Waals surface area contributed by atoms with Gasteiger partial charge in [-0.15, -0.1) is 0 Å². The van der Waals surface area contributed by atoms with Crippen molar-refractivity contribution in [2.75, 3.05) is 0 Å². The van der Waals surface area contributed by atoms with Gasteiger partial charge in [0.05, 0.1) is 20.1 Å². The Bertz CT molecular complexity index is 989. The molecule has 0 aliphatic rings. The summed E-state index contributed by atoms with van der Waals surface area (Å²) in [5.41, 5.74) is 2.96. The van der Waals surface area contributed by atoms with Gasteiger partial charge in [0.25, 0.3) is 0 Å². The molecule has 0 aliphatic carbocycles. The van der Waals surface area contributed by atoms with Crippen molar-refractivity contribution in [1.82, 2.24) is 0 Å². The molecule has 4 nitrogen and oxygen atoms in total. The quantitative estimate of drug-likeness (QED) is 0.260. The highest BCUT2D eigenvalue weighted by Crippen LogP contribution is 2.28. The number of benzene rings is 3. The fraction of sp³-hybridized carbons (Fsp3) is 0.167. The Morgan fingerprint density at radius 2 is 1.03 bits per heavy atom. The van der Waals surface area contributed by atoms with Gasteiger partial charge < -0.3 is 9.47 Å². The molecule has 30 heavy (non-hydrogen) atoms. The number of esters is 2. The molecule has 0 aromatic heterocycles. The maximum atomic E-state index is 12.4. The fourth-order valence-corrected chi connectivity index (χ4v) is 3.77. The van der Waals surface area contributed by atoms with E-state index in [2.05, 4.69) is 45.7 Å². The highest BCUT2D eigenvalue weighted by Gasteiger charge is 2.15. The number of rotatable bonds is 6. The van der Waals surface area contributed by atoms with E-state index in [1.807, 2.05) is 24.3 Å². The summed E-state index contributed by atoms with van der Waals surface area (Å²) in [4.78, 5) is 24.9. The molecule has 0 saturated carbocycles. The van der Waals surface area contributed by atoms with E-state index in [9.17, 15) is 9.59 Å². The molecule has 3 rings (SSSR count). The van der Waals surface area contributed by atoms with Gasteiger partial charge in [-0.05, 0) is 104 Å². The Morgan fingerprint density at radius 3 is 1.33 bits per heavy atom. The predicted octanol–water partition coefficient (Wildman–Crippen LogP) is 6.77. The van der Waals surface area contributed by atoms with Crippen LogP contribution in [0.25, 0.3) is 0 Å². The van der Waals surface area contributed by atoms with Crippen molar-refractivity contribution in [3.63, 3.8) is 0 Å². The lowest BCUT2D eigenvalue weighted by Gasteiger charge is -2.09. The number of aryl methyl sites for hydroxylation is 2. The lowest BCUT2D eigenvalue weighted by atomic mass is 10.1. The van der Waals surface area contributed by atoms with Gasteiger partial charge in [0.1, 0.15) is 11.5 Å². The van der Waals surface area contributed by atoms with Crippen molar-refractivity contribution in [2.24, 2.45) is 0 Å². The van der Waals surface area contributed by atoms with Crippen molar-refractivity contribution in [1.29, 1.82) is 0 Å². The van der Waals surface area contributed by atoms with E-state index in [0.29, 0.717) is 22.6 Å². The minimum Gasteiger partial charge on any atom is -0.422 e. The monoisotopic (exact) mass is 530 g/mol. The molecular formula is C24H20Br2O4. The first-order valence-electron chi connectivity index (χ1n) is 9.52. The maximum Gasteiger partial charge on any atom is 0.343 e. The minimum absolute atomic E-state index is 0.339. The summed E-state index contributed by atoms with van der Waals surface area (Å²) >= 11 is 6.85. The summed E-state index contributed by atoms with van der Waals surface area (Å²) in [6, 6.07) is 17.4. The van der Waals surface area contributed by atoms with Gasteiger partial charge in [-0.2, -0.15) is 0 Å². The molecule has 0 bridgehead atoms. The van der Waals surface area contributed by atoms with Crippen LogP contribution in [0.3, 0.4) is 0 Å². The molecule has 0 N–H and O–H groups in total. The standard InChI is InChI=1S/C24H20Br2O4/c1-3-15-5-11-21(19(25)13-15)29-23(27)17-7-9-18(10-8-17)24(28)30-22-12-6-16(4-2)14-20(22)26/h5-14H,3-4H2,1-2H3. The van der Waals surface area contributed by atoms with Crippen LogP contribution < -0.4 is 9.47 Å². The van der Waals surface area contributed by atoms with Crippen LogP contribution in [0.15, 0.2) is 69.6 Å². The second-order valence-corrected chi connectivity index (χ2v) is 8.30. The molecule has 0 amide bonds. The first-order chi connectivity index (χ1) is 14.4. The lowest BCUT2D eigenvalue weighted by molar-refractivity contribution is 0.0719. The van der Waals surface area contributed by atoms with Crippen LogP contribution >= 0.6 is 31.9 Å². The number of carbonyl (C=O) groups is 2. The third-order valence-electron chi connectivity index (χ3n) is 4.57. The molecule has 3 aromatic rings. The number of carbonyl (C=O) groups excluding carboxylic acids is 2. The number of ether oxygens (including phenoxy) is 2. The maximum absolute atomic E-state index is 12.4. The zero-order valence-electron chi connectivity index (χ0n) is 16.6. The highest BCUT2D eigenvalue weighted by molar-refractivity contribution is 9.10. The first-order valence-corrected chi connectivity index (χ1v) is 11.1. The SMILES string of the molecule is CCc1ccc(OC(=O)c2ccc(C(=O)Oc3ccc(CC)cc3Br)cc2)c(Br)c1. The van der Waals surface area contributed by atoms with Crippen LogP contribution in [0.5, 0.6) is 11.5 Å². The van der Waals surface area contributed by atoms with Crippen molar-refractivity contribution in [3.8, 4) is 11.5 Å². The summed E-state index contributed by atoms with van der Waals surface area (Å²) in [6.07, 6.45) is 1.79. The molecule has 6 heteroatoms. The van der Waals surface area contributed by atoms with Crippen molar-refractivity contribution in [3.05, 3.63) is 91.9 Å². The van der Waals surface area contributed by atoms with Gasteiger partial charge in [0.2, 0.25) is 0 Å². The van der Waals surface area contributed by atoms with Gasteiger partial charge in [0, 0.05) is 0 Å². The van der Waals surface area contributed by atoms with Crippen LogP contribution in [-0.2, 0) is 12.8 Å². The topological polar surface area (TPSA) is 52.6 Å². The van der Waals surface area contributed by atoms with Gasteiger partial charge in [-0.3, -0.25) is 0 Å². The van der Waals surface area contributed by atoms with E-state index < -0.39 is 11.9 Å². The van der Waals surface area contributed by atoms with Gasteiger partial charge in [-0.1, -0.05) is 26.0 Å². The molecule has 0 spiro atoms. The number of halogens is 2. The van der Waals surface area contributed by atoms with Crippen molar-refractivity contribution < 1.29 is 19.1 Å². The van der Waals surface area contributed by atoms with Crippen molar-refractivity contribution >= 4 is 43.8 Å². The zero-order chi connectivity index (χ0) is 21.7. The largest absolute Gasteiger partial charge is 0.422 e. The molecular weight excluding hydrogens is 512 g/mol. The third kappa shape index (κ3) is 5.37. The van der Waals surface area contributed by atoms with E-state index in [1.165, 1.54) is 0 Å². The molecule has 0 aliphatic heterocycles. The summed E-state index contributed by atoms with van der Waals surface area (Å²) in [5.74, 6) is -0.113. The van der Waals surface area contributed by atoms with Crippen LogP contribution in [0, 0.1) is 0 Å². The predicted molar refractivity (Wildman–Crippen MR) is 123 cm³/mol. The van der Waals surface area contributed by atoms with Gasteiger partial charge in [-0.25, -0.2) is 9.59 Å². The Hall–Kier alpha value is -2.44. The van der Waals surface area contributed by atoms with E-state index in [1.54, 1.807) is 36.4 Å². The zero-order valence-corrected chi connectivity index (χ0v) is 19.7. The summed E-state index contributed by atoms with van der Waals surface area (Å²) in [6.45, 7) is 4.11. The summed E-state index contributed by atoms with van der Waals surface area (Å²) in [5, 5.41) is 0. The van der Waals surface area contributed by atoms with Crippen LogP contribution in [0.1, 0.15) is 45.7 Å². The van der Waals surface area contributed by atoms with Gasteiger partial charge >= 0.3 is 11.9 Å². The summed E-state index contributed by atoms with van der Waals surface area (Å²) in [7, 11) is 0. The molecule has 0 atom stereocenters. The van der Waals surface area contributed by atoms with Crippen molar-refractivity contribution in [2.45, 2.75) is 26.7 Å². The van der Waals surface area contributed by atoms with Crippen LogP contribution in [0.2, 0.25) is 0 Å². The van der Waals surface area contributed by atoms with Gasteiger partial charge in [0.15, 0.2) is 0 Å². The summed E-state index contributed by atoms with van der Waals surface area (Å²) < 4.78 is 12.3. The molecule has 0 unspecified atom stereocenters. The molecule has 0 radical (unpaired) electrons. The number of hydrogen-bond donors (Lipinski definition) is 0. The first kappa shape index (κ1) is 22.2. The Balaban J connectivity index is 1.68. The Morgan fingerprint density at radius 1 is 0.667 bits per heavy atom. The fourth-order valence-electron chi connectivity index (χ4n) is 2.75. The Labute approximate surface area is 192 Å². The van der Waals surface area contributed by atoms with Crippen LogP contribution in [0.4, 0.5) is 0 Å². The Kier molecular flexibility index (Phi) is 7.45.